The molecule has 1 atom stereocenters. The Hall–Kier alpha value is -1.26. The van der Waals surface area contributed by atoms with Crippen LogP contribution in [0.5, 0.6) is 0 Å². The van der Waals surface area contributed by atoms with Crippen molar-refractivity contribution >= 4 is 12.0 Å². The van der Waals surface area contributed by atoms with Crippen LogP contribution in [0.3, 0.4) is 0 Å². The second kappa shape index (κ2) is 7.36. The van der Waals surface area contributed by atoms with Crippen LogP contribution in [0.2, 0.25) is 0 Å². The number of hydrogen-bond donors (Lipinski definition) is 2. The van der Waals surface area contributed by atoms with E-state index in [1.165, 1.54) is 6.42 Å². The smallest absolute Gasteiger partial charge is 0.317 e. The number of aliphatic carboxylic acids is 1. The summed E-state index contributed by atoms with van der Waals surface area (Å²) < 4.78 is 0. The molecule has 0 radical (unpaired) electrons. The number of nitrogens with one attached hydrogen (secondary N) is 1. The topological polar surface area (TPSA) is 69.6 Å². The van der Waals surface area contributed by atoms with Crippen LogP contribution in [0.4, 0.5) is 4.79 Å². The van der Waals surface area contributed by atoms with E-state index in [4.69, 9.17) is 5.11 Å². The van der Waals surface area contributed by atoms with Gasteiger partial charge in [0, 0.05) is 26.1 Å². The van der Waals surface area contributed by atoms with Crippen molar-refractivity contribution in [1.29, 1.82) is 0 Å². The molecule has 1 heterocycles. The van der Waals surface area contributed by atoms with E-state index < -0.39 is 5.97 Å². The van der Waals surface area contributed by atoms with E-state index in [9.17, 15) is 9.59 Å². The first-order valence-corrected chi connectivity index (χ1v) is 7.21. The molecule has 0 spiro atoms. The summed E-state index contributed by atoms with van der Waals surface area (Å²) in [5.74, 6) is -0.817. The van der Waals surface area contributed by atoms with E-state index in [1.807, 2.05) is 4.90 Å². The Kier molecular flexibility index (Phi) is 6.12. The molecule has 5 nitrogen and oxygen atoms in total. The molecule has 5 heteroatoms. The summed E-state index contributed by atoms with van der Waals surface area (Å²) in [6.45, 7) is 6.48. The predicted octanol–water partition coefficient (Wildman–Crippen LogP) is 2.46. The Balaban J connectivity index is 2.33. The molecule has 0 aromatic heterocycles. The number of carbonyl (C=O) groups is 2. The van der Waals surface area contributed by atoms with E-state index in [0.717, 1.165) is 32.4 Å². The Bertz CT molecular complexity index is 316. The van der Waals surface area contributed by atoms with E-state index in [0.29, 0.717) is 13.0 Å². The van der Waals surface area contributed by atoms with Crippen molar-refractivity contribution in [2.75, 3.05) is 19.6 Å². The van der Waals surface area contributed by atoms with Gasteiger partial charge in [0.15, 0.2) is 0 Å². The molecule has 1 fully saturated rings. The maximum Gasteiger partial charge on any atom is 0.317 e. The number of hydrogen-bond acceptors (Lipinski definition) is 2. The molecule has 1 saturated heterocycles. The number of amides is 2. The number of carboxylic acids is 1. The third-order valence-corrected chi connectivity index (χ3v) is 3.77. The molecule has 2 N–H and O–H groups in total. The maximum atomic E-state index is 12.0. The van der Waals surface area contributed by atoms with Crippen LogP contribution in [0.15, 0.2) is 0 Å². The number of urea groups is 1. The average molecular weight is 270 g/mol. The molecule has 1 aliphatic heterocycles. The average Bonchev–Trinajstić information content (AvgIpc) is 2.34. The summed E-state index contributed by atoms with van der Waals surface area (Å²) in [4.78, 5) is 24.3. The van der Waals surface area contributed by atoms with Crippen molar-refractivity contribution in [3.05, 3.63) is 0 Å². The summed E-state index contributed by atoms with van der Waals surface area (Å²) in [5, 5.41) is 11.3. The lowest BCUT2D eigenvalue weighted by Gasteiger charge is -2.40. The Labute approximate surface area is 115 Å². The molecule has 1 rings (SSSR count). The number of likely N-dealkylation sites (tertiary alicyclic amines) is 1. The Morgan fingerprint density at radius 1 is 1.42 bits per heavy atom. The van der Waals surface area contributed by atoms with Gasteiger partial charge in [0.2, 0.25) is 0 Å². The molecule has 0 aromatic rings. The van der Waals surface area contributed by atoms with Gasteiger partial charge in [-0.2, -0.15) is 0 Å². The molecule has 1 aliphatic rings. The maximum absolute atomic E-state index is 12.0. The highest BCUT2D eigenvalue weighted by molar-refractivity contribution is 5.74. The van der Waals surface area contributed by atoms with Crippen LogP contribution in [0, 0.1) is 5.41 Å². The fraction of sp³-hybridized carbons (Fsp3) is 0.857. The monoisotopic (exact) mass is 270 g/mol. The van der Waals surface area contributed by atoms with Gasteiger partial charge in [0.25, 0.3) is 0 Å². The van der Waals surface area contributed by atoms with Crippen molar-refractivity contribution in [1.82, 2.24) is 10.2 Å². The highest BCUT2D eigenvalue weighted by Crippen LogP contribution is 2.33. The first-order valence-electron chi connectivity index (χ1n) is 7.21. The molecule has 0 saturated carbocycles. The molecule has 19 heavy (non-hydrogen) atoms. The highest BCUT2D eigenvalue weighted by atomic mass is 16.4. The SMILES string of the molecule is CCCC1(C)CCCN(C(=O)NCCCC(=O)O)C1. The highest BCUT2D eigenvalue weighted by Gasteiger charge is 2.32. The number of carbonyl (C=O) groups excluding carboxylic acids is 1. The van der Waals surface area contributed by atoms with Crippen molar-refractivity contribution in [2.24, 2.45) is 5.41 Å². The first kappa shape index (κ1) is 15.8. The minimum absolute atomic E-state index is 0.0487. The zero-order valence-corrected chi connectivity index (χ0v) is 12.1. The first-order chi connectivity index (χ1) is 8.97. The van der Waals surface area contributed by atoms with Gasteiger partial charge in [0.05, 0.1) is 0 Å². The van der Waals surface area contributed by atoms with E-state index in [1.54, 1.807) is 0 Å². The van der Waals surface area contributed by atoms with E-state index >= 15 is 0 Å². The van der Waals surface area contributed by atoms with Crippen LogP contribution >= 0.6 is 0 Å². The lowest BCUT2D eigenvalue weighted by atomic mass is 9.78. The van der Waals surface area contributed by atoms with Gasteiger partial charge in [-0.3, -0.25) is 4.79 Å². The van der Waals surface area contributed by atoms with Gasteiger partial charge >= 0.3 is 12.0 Å². The predicted molar refractivity (Wildman–Crippen MR) is 74.1 cm³/mol. The summed E-state index contributed by atoms with van der Waals surface area (Å²) in [6, 6.07) is -0.0487. The quantitative estimate of drug-likeness (QED) is 0.728. The van der Waals surface area contributed by atoms with Gasteiger partial charge in [-0.15, -0.1) is 0 Å². The van der Waals surface area contributed by atoms with Gasteiger partial charge < -0.3 is 15.3 Å². The minimum atomic E-state index is -0.817. The molecule has 110 valence electrons. The van der Waals surface area contributed by atoms with Crippen LogP contribution in [-0.4, -0.2) is 41.6 Å². The van der Waals surface area contributed by atoms with Gasteiger partial charge in [-0.1, -0.05) is 20.3 Å². The van der Waals surface area contributed by atoms with Gasteiger partial charge in [-0.05, 0) is 31.1 Å². The van der Waals surface area contributed by atoms with Crippen molar-refractivity contribution in [3.63, 3.8) is 0 Å². The normalized spacial score (nSPS) is 23.2. The second-order valence-corrected chi connectivity index (χ2v) is 5.81. The Morgan fingerprint density at radius 2 is 2.16 bits per heavy atom. The lowest BCUT2D eigenvalue weighted by molar-refractivity contribution is -0.137. The van der Waals surface area contributed by atoms with Crippen molar-refractivity contribution in [3.8, 4) is 0 Å². The molecule has 0 bridgehead atoms. The summed E-state index contributed by atoms with van der Waals surface area (Å²) in [5.41, 5.74) is 0.241. The molecule has 2 amide bonds. The number of nitrogens with zero attached hydrogens (tertiary/aromatic N) is 1. The minimum Gasteiger partial charge on any atom is -0.481 e. The zero-order chi connectivity index (χ0) is 14.3. The number of piperidine rings is 1. The largest absolute Gasteiger partial charge is 0.481 e. The standard InChI is InChI=1S/C14H26N2O3/c1-3-7-14(2)8-5-10-16(11-14)13(19)15-9-4-6-12(17)18/h3-11H2,1-2H3,(H,15,19)(H,17,18). The third kappa shape index (κ3) is 5.49. The fourth-order valence-corrected chi connectivity index (χ4v) is 2.84. The van der Waals surface area contributed by atoms with Crippen molar-refractivity contribution < 1.29 is 14.7 Å². The lowest BCUT2D eigenvalue weighted by Crippen LogP contribution is -2.49. The number of carboxylic acid groups (broad SMARTS) is 1. The zero-order valence-electron chi connectivity index (χ0n) is 12.1. The Morgan fingerprint density at radius 3 is 2.79 bits per heavy atom. The summed E-state index contributed by atoms with van der Waals surface area (Å²) in [7, 11) is 0. The number of rotatable bonds is 6. The summed E-state index contributed by atoms with van der Waals surface area (Å²) in [6.07, 6.45) is 5.12. The van der Waals surface area contributed by atoms with Crippen LogP contribution in [-0.2, 0) is 4.79 Å². The van der Waals surface area contributed by atoms with Crippen LogP contribution < -0.4 is 5.32 Å². The van der Waals surface area contributed by atoms with E-state index in [-0.39, 0.29) is 17.9 Å². The van der Waals surface area contributed by atoms with Gasteiger partial charge in [0.1, 0.15) is 0 Å². The second-order valence-electron chi connectivity index (χ2n) is 5.81. The van der Waals surface area contributed by atoms with Crippen molar-refractivity contribution in [2.45, 2.75) is 52.4 Å². The summed E-state index contributed by atoms with van der Waals surface area (Å²) >= 11 is 0. The molecular formula is C14H26N2O3. The van der Waals surface area contributed by atoms with Crippen LogP contribution in [0.25, 0.3) is 0 Å². The molecule has 1 unspecified atom stereocenters. The molecule has 0 aromatic carbocycles. The fourth-order valence-electron chi connectivity index (χ4n) is 2.84. The van der Waals surface area contributed by atoms with Crippen LogP contribution in [0.1, 0.15) is 52.4 Å². The van der Waals surface area contributed by atoms with E-state index in [2.05, 4.69) is 19.2 Å². The third-order valence-electron chi connectivity index (χ3n) is 3.77. The molecular weight excluding hydrogens is 244 g/mol. The van der Waals surface area contributed by atoms with Gasteiger partial charge in [-0.25, -0.2) is 4.79 Å². The molecule has 0 aliphatic carbocycles.